The predicted octanol–water partition coefficient (Wildman–Crippen LogP) is 3.64. The lowest BCUT2D eigenvalue weighted by Crippen LogP contribution is -2.45. The van der Waals surface area contributed by atoms with Gasteiger partial charge in [0.05, 0.1) is 0 Å². The molecule has 5 heteroatoms. The smallest absolute Gasteiger partial charge is 0.0492 e. The Balaban J connectivity index is 1.83. The Kier molecular flexibility index (Phi) is 4.91. The lowest BCUT2D eigenvalue weighted by molar-refractivity contribution is 0.153. The number of nitrogens with zero attached hydrogens (tertiary/aromatic N) is 2. The summed E-state index contributed by atoms with van der Waals surface area (Å²) in [4.78, 5) is 6.72. The van der Waals surface area contributed by atoms with E-state index in [9.17, 15) is 0 Å². The summed E-state index contributed by atoms with van der Waals surface area (Å²) in [5.41, 5.74) is 2.47. The van der Waals surface area contributed by atoms with Gasteiger partial charge < -0.3 is 5.32 Å². The minimum Gasteiger partial charge on any atom is -0.314 e. The molecule has 3 rings (SSSR count). The van der Waals surface area contributed by atoms with Crippen molar-refractivity contribution in [1.82, 2.24) is 15.2 Å². The summed E-state index contributed by atoms with van der Waals surface area (Å²) in [5, 5.41) is 4.25. The number of benzene rings is 1. The molecule has 1 atom stereocenters. The Hall–Kier alpha value is -0.940. The molecule has 1 aliphatic rings. The van der Waals surface area contributed by atoms with Gasteiger partial charge in [-0.15, -0.1) is 0 Å². The molecule has 0 bridgehead atoms. The molecule has 0 radical (unpaired) electrons. The molecule has 21 heavy (non-hydrogen) atoms. The van der Waals surface area contributed by atoms with Crippen LogP contribution in [0.2, 0.25) is 5.02 Å². The van der Waals surface area contributed by atoms with Crippen LogP contribution in [-0.2, 0) is 6.54 Å². The third-order valence-electron chi connectivity index (χ3n) is 3.80. The van der Waals surface area contributed by atoms with Crippen LogP contribution in [0.25, 0.3) is 0 Å². The van der Waals surface area contributed by atoms with Crippen LogP contribution in [0.3, 0.4) is 0 Å². The second-order valence-corrected chi connectivity index (χ2v) is 6.50. The highest BCUT2D eigenvalue weighted by Crippen LogP contribution is 2.27. The fourth-order valence-corrected chi connectivity index (χ4v) is 3.29. The second-order valence-electron chi connectivity index (χ2n) is 5.21. The van der Waals surface area contributed by atoms with Crippen molar-refractivity contribution in [2.24, 2.45) is 0 Å². The fourth-order valence-electron chi connectivity index (χ4n) is 2.72. The standard InChI is InChI=1S/C16H17BrClN3/c17-15-4-3-14(18)8-13(15)11-21-7-6-20-10-16(21)12-2-1-5-19-9-12/h1-5,8-9,16,20H,6-7,10-11H2. The van der Waals surface area contributed by atoms with Crippen LogP contribution < -0.4 is 5.32 Å². The van der Waals surface area contributed by atoms with Crippen molar-refractivity contribution in [2.75, 3.05) is 19.6 Å². The van der Waals surface area contributed by atoms with Crippen molar-refractivity contribution in [1.29, 1.82) is 0 Å². The number of piperazine rings is 1. The molecular weight excluding hydrogens is 350 g/mol. The number of hydrogen-bond donors (Lipinski definition) is 1. The largest absolute Gasteiger partial charge is 0.314 e. The number of pyridine rings is 1. The van der Waals surface area contributed by atoms with Crippen molar-refractivity contribution in [3.8, 4) is 0 Å². The molecule has 2 heterocycles. The van der Waals surface area contributed by atoms with Crippen molar-refractivity contribution in [3.05, 3.63) is 63.3 Å². The van der Waals surface area contributed by atoms with Crippen LogP contribution in [0.4, 0.5) is 0 Å². The van der Waals surface area contributed by atoms with Gasteiger partial charge in [-0.2, -0.15) is 0 Å². The molecule has 0 spiro atoms. The van der Waals surface area contributed by atoms with Crippen LogP contribution >= 0.6 is 27.5 Å². The van der Waals surface area contributed by atoms with Gasteiger partial charge >= 0.3 is 0 Å². The molecular formula is C16H17BrClN3. The van der Waals surface area contributed by atoms with Gasteiger partial charge in [0, 0.05) is 54.1 Å². The summed E-state index contributed by atoms with van der Waals surface area (Å²) in [7, 11) is 0. The zero-order valence-electron chi connectivity index (χ0n) is 11.6. The fraction of sp³-hybridized carbons (Fsp3) is 0.312. The Labute approximate surface area is 138 Å². The lowest BCUT2D eigenvalue weighted by atomic mass is 10.0. The van der Waals surface area contributed by atoms with Gasteiger partial charge in [-0.05, 0) is 35.4 Å². The molecule has 3 nitrogen and oxygen atoms in total. The van der Waals surface area contributed by atoms with Gasteiger partial charge in [0.1, 0.15) is 0 Å². The van der Waals surface area contributed by atoms with Gasteiger partial charge in [-0.1, -0.05) is 33.6 Å². The molecule has 1 N–H and O–H groups in total. The Morgan fingerprint density at radius 2 is 2.29 bits per heavy atom. The van der Waals surface area contributed by atoms with Crippen molar-refractivity contribution in [2.45, 2.75) is 12.6 Å². The maximum atomic E-state index is 6.13. The van der Waals surface area contributed by atoms with E-state index >= 15 is 0 Å². The van der Waals surface area contributed by atoms with Crippen LogP contribution in [-0.4, -0.2) is 29.5 Å². The Morgan fingerprint density at radius 1 is 1.38 bits per heavy atom. The minimum absolute atomic E-state index is 0.346. The highest BCUT2D eigenvalue weighted by Gasteiger charge is 2.24. The molecule has 1 aromatic carbocycles. The maximum absolute atomic E-state index is 6.13. The van der Waals surface area contributed by atoms with Crippen LogP contribution in [0, 0.1) is 0 Å². The zero-order chi connectivity index (χ0) is 14.7. The maximum Gasteiger partial charge on any atom is 0.0492 e. The molecule has 1 unspecified atom stereocenters. The molecule has 0 saturated carbocycles. The lowest BCUT2D eigenvalue weighted by Gasteiger charge is -2.36. The molecule has 110 valence electrons. The van der Waals surface area contributed by atoms with Crippen LogP contribution in [0.15, 0.2) is 47.2 Å². The summed E-state index contributed by atoms with van der Waals surface area (Å²) < 4.78 is 1.11. The topological polar surface area (TPSA) is 28.2 Å². The van der Waals surface area contributed by atoms with Crippen molar-refractivity contribution in [3.63, 3.8) is 0 Å². The van der Waals surface area contributed by atoms with Gasteiger partial charge in [0.15, 0.2) is 0 Å². The molecule has 0 amide bonds. The van der Waals surface area contributed by atoms with Crippen molar-refractivity contribution < 1.29 is 0 Å². The summed E-state index contributed by atoms with van der Waals surface area (Å²) in [6.45, 7) is 3.85. The zero-order valence-corrected chi connectivity index (χ0v) is 13.9. The third kappa shape index (κ3) is 3.64. The first kappa shape index (κ1) is 15.0. The molecule has 2 aromatic rings. The SMILES string of the molecule is Clc1ccc(Br)c(CN2CCNCC2c2cccnc2)c1. The van der Waals surface area contributed by atoms with E-state index in [0.717, 1.165) is 35.7 Å². The molecule has 1 aromatic heterocycles. The summed E-state index contributed by atoms with van der Waals surface area (Å²) in [5.74, 6) is 0. The van der Waals surface area contributed by atoms with E-state index in [1.54, 1.807) is 0 Å². The first-order valence-corrected chi connectivity index (χ1v) is 8.20. The van der Waals surface area contributed by atoms with Gasteiger partial charge in [-0.25, -0.2) is 0 Å². The van der Waals surface area contributed by atoms with Gasteiger partial charge in [-0.3, -0.25) is 9.88 Å². The normalized spacial score (nSPS) is 19.6. The van der Waals surface area contributed by atoms with E-state index in [0.29, 0.717) is 6.04 Å². The molecule has 1 saturated heterocycles. The minimum atomic E-state index is 0.346. The quantitative estimate of drug-likeness (QED) is 0.899. The third-order valence-corrected chi connectivity index (χ3v) is 4.81. The molecule has 0 aliphatic carbocycles. The number of nitrogens with one attached hydrogen (secondary N) is 1. The van der Waals surface area contributed by atoms with E-state index in [1.807, 2.05) is 36.7 Å². The summed E-state index contributed by atoms with van der Waals surface area (Å²) in [6, 6.07) is 10.4. The number of hydrogen-bond acceptors (Lipinski definition) is 3. The number of aromatic nitrogens is 1. The van der Waals surface area contributed by atoms with E-state index in [4.69, 9.17) is 11.6 Å². The highest BCUT2D eigenvalue weighted by molar-refractivity contribution is 9.10. The van der Waals surface area contributed by atoms with Crippen LogP contribution in [0.5, 0.6) is 0 Å². The monoisotopic (exact) mass is 365 g/mol. The van der Waals surface area contributed by atoms with Crippen molar-refractivity contribution >= 4 is 27.5 Å². The average molecular weight is 367 g/mol. The van der Waals surface area contributed by atoms with Gasteiger partial charge in [0.25, 0.3) is 0 Å². The first-order valence-electron chi connectivity index (χ1n) is 7.02. The van der Waals surface area contributed by atoms with E-state index < -0.39 is 0 Å². The molecule has 1 fully saturated rings. The number of rotatable bonds is 3. The molecule has 1 aliphatic heterocycles. The van der Waals surface area contributed by atoms with Crippen LogP contribution in [0.1, 0.15) is 17.2 Å². The van der Waals surface area contributed by atoms with E-state index in [1.165, 1.54) is 11.1 Å². The predicted molar refractivity (Wildman–Crippen MR) is 89.4 cm³/mol. The van der Waals surface area contributed by atoms with Gasteiger partial charge in [0.2, 0.25) is 0 Å². The summed E-state index contributed by atoms with van der Waals surface area (Å²) in [6.07, 6.45) is 3.77. The Bertz CT molecular complexity index is 606. The second kappa shape index (κ2) is 6.88. The first-order chi connectivity index (χ1) is 10.2. The van der Waals surface area contributed by atoms with E-state index in [-0.39, 0.29) is 0 Å². The average Bonchev–Trinajstić information content (AvgIpc) is 2.52. The van der Waals surface area contributed by atoms with E-state index in [2.05, 4.69) is 37.2 Å². The Morgan fingerprint density at radius 3 is 3.10 bits per heavy atom. The summed E-state index contributed by atoms with van der Waals surface area (Å²) >= 11 is 9.75. The number of halogens is 2. The highest BCUT2D eigenvalue weighted by atomic mass is 79.9.